The Morgan fingerprint density at radius 1 is 1.29 bits per heavy atom. The number of rotatable bonds is 5. The number of hydrogen-bond donors (Lipinski definition) is 8. The maximum absolute atomic E-state index is 11.2. The Morgan fingerprint density at radius 2 is 1.86 bits per heavy atom. The van der Waals surface area contributed by atoms with E-state index in [1.54, 1.807) is 0 Å². The summed E-state index contributed by atoms with van der Waals surface area (Å²) in [6.07, 6.45) is -8.85. The first kappa shape index (κ1) is 18.2. The Kier molecular flexibility index (Phi) is 6.01. The van der Waals surface area contributed by atoms with Crippen molar-refractivity contribution < 1.29 is 45.3 Å². The monoisotopic (exact) mass is 311 g/mol. The van der Waals surface area contributed by atoms with E-state index in [2.05, 4.69) is 5.32 Å². The number of aliphatic hydroxyl groups excluding tert-OH is 6. The molecule has 0 aromatic rings. The molecule has 10 heteroatoms. The van der Waals surface area contributed by atoms with E-state index in [9.17, 15) is 30.3 Å². The minimum atomic E-state index is -2.72. The lowest BCUT2D eigenvalue weighted by molar-refractivity contribution is -0.357. The first-order chi connectivity index (χ1) is 9.68. The van der Waals surface area contributed by atoms with Crippen LogP contribution in [-0.2, 0) is 9.53 Å². The molecule has 7 unspecified atom stereocenters. The molecule has 1 fully saturated rings. The van der Waals surface area contributed by atoms with Gasteiger partial charge in [0.15, 0.2) is 0 Å². The van der Waals surface area contributed by atoms with E-state index in [1.165, 1.54) is 0 Å². The van der Waals surface area contributed by atoms with E-state index < -0.39 is 61.5 Å². The predicted molar refractivity (Wildman–Crippen MR) is 65.6 cm³/mol. The molecule has 8 N–H and O–H groups in total. The molecule has 0 bridgehead atoms. The lowest BCUT2D eigenvalue weighted by atomic mass is 9.85. The predicted octanol–water partition coefficient (Wildman–Crippen LogP) is -4.99. The van der Waals surface area contributed by atoms with Crippen molar-refractivity contribution in [3.05, 3.63) is 0 Å². The molecule has 1 aliphatic rings. The summed E-state index contributed by atoms with van der Waals surface area (Å²) in [5, 5.41) is 69.4. The van der Waals surface area contributed by atoms with Gasteiger partial charge in [0.2, 0.25) is 11.7 Å². The Balaban J connectivity index is 3.16. The van der Waals surface area contributed by atoms with Crippen LogP contribution in [0.1, 0.15) is 6.92 Å². The van der Waals surface area contributed by atoms with Gasteiger partial charge in [-0.25, -0.2) is 0 Å². The quantitative estimate of drug-likeness (QED) is 0.246. The average molecular weight is 311 g/mol. The maximum atomic E-state index is 11.2. The summed E-state index contributed by atoms with van der Waals surface area (Å²) in [5.74, 6) is -3.43. The van der Waals surface area contributed by atoms with Crippen molar-refractivity contribution in [3.8, 4) is 0 Å². The molecule has 0 spiro atoms. The first-order valence-corrected chi connectivity index (χ1v) is 6.30. The standard InChI is InChI=1S/C11H21NO9/c1-4(15)12-9-8(18)7(17)6(3-14)21-11(9,20)10(19)5(16)2-13/h5-10,13-14,16-20H,2-3H2,1H3,(H,12,15). The number of ether oxygens (including phenoxy) is 1. The van der Waals surface area contributed by atoms with Crippen LogP contribution >= 0.6 is 0 Å². The molecule has 10 nitrogen and oxygen atoms in total. The number of nitrogens with one attached hydrogen (secondary N) is 1. The third-order valence-electron chi connectivity index (χ3n) is 3.37. The van der Waals surface area contributed by atoms with Crippen LogP contribution in [0.5, 0.6) is 0 Å². The van der Waals surface area contributed by atoms with Crippen LogP contribution in [-0.4, -0.2) is 97.2 Å². The first-order valence-electron chi connectivity index (χ1n) is 6.30. The summed E-state index contributed by atoms with van der Waals surface area (Å²) in [4.78, 5) is 11.2. The number of carbonyl (C=O) groups is 1. The van der Waals surface area contributed by atoms with E-state index in [0.29, 0.717) is 0 Å². The largest absolute Gasteiger partial charge is 0.394 e. The molecule has 0 aromatic carbocycles. The van der Waals surface area contributed by atoms with Crippen LogP contribution in [0.2, 0.25) is 0 Å². The highest BCUT2D eigenvalue weighted by Gasteiger charge is 2.58. The topological polar surface area (TPSA) is 180 Å². The van der Waals surface area contributed by atoms with Crippen molar-refractivity contribution in [3.63, 3.8) is 0 Å². The Morgan fingerprint density at radius 3 is 2.29 bits per heavy atom. The van der Waals surface area contributed by atoms with Gasteiger partial charge in [0.1, 0.15) is 36.6 Å². The molecule has 1 saturated heterocycles. The van der Waals surface area contributed by atoms with Gasteiger partial charge in [0.25, 0.3) is 0 Å². The van der Waals surface area contributed by atoms with Crippen LogP contribution in [0.3, 0.4) is 0 Å². The molecule has 124 valence electrons. The van der Waals surface area contributed by atoms with E-state index >= 15 is 0 Å². The molecule has 1 aliphatic heterocycles. The van der Waals surface area contributed by atoms with Crippen LogP contribution < -0.4 is 5.32 Å². The molecule has 0 aromatic heterocycles. The summed E-state index contributed by atoms with van der Waals surface area (Å²) < 4.78 is 4.96. The third-order valence-corrected chi connectivity index (χ3v) is 3.37. The molecule has 1 heterocycles. The summed E-state index contributed by atoms with van der Waals surface area (Å²) in [6, 6.07) is -1.69. The fourth-order valence-electron chi connectivity index (χ4n) is 2.23. The zero-order valence-corrected chi connectivity index (χ0v) is 11.3. The van der Waals surface area contributed by atoms with Gasteiger partial charge in [-0.05, 0) is 0 Å². The van der Waals surface area contributed by atoms with E-state index in [0.717, 1.165) is 6.92 Å². The number of carbonyl (C=O) groups excluding carboxylic acids is 1. The molecule has 21 heavy (non-hydrogen) atoms. The number of amides is 1. The Bertz CT molecular complexity index is 368. The van der Waals surface area contributed by atoms with Gasteiger partial charge in [-0.1, -0.05) is 0 Å². The van der Waals surface area contributed by atoms with Crippen molar-refractivity contribution in [2.24, 2.45) is 0 Å². The number of hydrogen-bond acceptors (Lipinski definition) is 9. The van der Waals surface area contributed by atoms with E-state index in [1.807, 2.05) is 0 Å². The van der Waals surface area contributed by atoms with Crippen molar-refractivity contribution >= 4 is 5.91 Å². The molecule has 0 aliphatic carbocycles. The van der Waals surface area contributed by atoms with E-state index in [4.69, 9.17) is 14.9 Å². The summed E-state index contributed by atoms with van der Waals surface area (Å²) in [6.45, 7) is -0.663. The second-order valence-electron chi connectivity index (χ2n) is 4.94. The normalized spacial score (nSPS) is 39.6. The second-order valence-corrected chi connectivity index (χ2v) is 4.94. The lowest BCUT2D eigenvalue weighted by Crippen LogP contribution is -2.75. The summed E-state index contributed by atoms with van der Waals surface area (Å²) in [5.41, 5.74) is 0. The Hall–Kier alpha value is -0.850. The molecular formula is C11H21NO9. The van der Waals surface area contributed by atoms with Gasteiger partial charge in [0.05, 0.1) is 13.2 Å². The molecular weight excluding hydrogens is 290 g/mol. The third kappa shape index (κ3) is 3.49. The molecule has 1 amide bonds. The average Bonchev–Trinajstić information content (AvgIpc) is 2.45. The highest BCUT2D eigenvalue weighted by atomic mass is 16.7. The van der Waals surface area contributed by atoms with Crippen LogP contribution in [0.4, 0.5) is 0 Å². The summed E-state index contributed by atoms with van der Waals surface area (Å²) >= 11 is 0. The highest BCUT2D eigenvalue weighted by molar-refractivity contribution is 5.73. The number of aliphatic hydroxyl groups is 7. The highest BCUT2D eigenvalue weighted by Crippen LogP contribution is 2.32. The molecule has 1 rings (SSSR count). The van der Waals surface area contributed by atoms with Crippen molar-refractivity contribution in [2.75, 3.05) is 13.2 Å². The van der Waals surface area contributed by atoms with Crippen LogP contribution in [0.25, 0.3) is 0 Å². The van der Waals surface area contributed by atoms with Crippen LogP contribution in [0, 0.1) is 0 Å². The Labute approximate surface area is 120 Å². The molecule has 0 radical (unpaired) electrons. The van der Waals surface area contributed by atoms with Gasteiger partial charge in [-0.3, -0.25) is 4.79 Å². The van der Waals surface area contributed by atoms with E-state index in [-0.39, 0.29) is 0 Å². The van der Waals surface area contributed by atoms with Gasteiger partial charge < -0.3 is 45.8 Å². The van der Waals surface area contributed by atoms with Gasteiger partial charge in [-0.2, -0.15) is 0 Å². The smallest absolute Gasteiger partial charge is 0.218 e. The molecule has 0 saturated carbocycles. The lowest BCUT2D eigenvalue weighted by Gasteiger charge is -2.50. The van der Waals surface area contributed by atoms with Gasteiger partial charge >= 0.3 is 0 Å². The minimum Gasteiger partial charge on any atom is -0.394 e. The minimum absolute atomic E-state index is 0.707. The summed E-state index contributed by atoms with van der Waals surface area (Å²) in [7, 11) is 0. The fourth-order valence-corrected chi connectivity index (χ4v) is 2.23. The zero-order chi connectivity index (χ0) is 16.4. The van der Waals surface area contributed by atoms with Crippen molar-refractivity contribution in [1.29, 1.82) is 0 Å². The molecule has 7 atom stereocenters. The van der Waals surface area contributed by atoms with Crippen molar-refractivity contribution in [2.45, 2.75) is 49.3 Å². The maximum Gasteiger partial charge on any atom is 0.218 e. The zero-order valence-electron chi connectivity index (χ0n) is 11.3. The van der Waals surface area contributed by atoms with Gasteiger partial charge in [0, 0.05) is 6.92 Å². The SMILES string of the molecule is CC(=O)NC1C(O)C(O)C(CO)OC1(O)C(O)C(O)CO. The van der Waals surface area contributed by atoms with Crippen molar-refractivity contribution in [1.82, 2.24) is 5.32 Å². The second kappa shape index (κ2) is 6.94. The van der Waals surface area contributed by atoms with Crippen LogP contribution in [0.15, 0.2) is 0 Å². The fraction of sp³-hybridized carbons (Fsp3) is 0.909. The van der Waals surface area contributed by atoms with Gasteiger partial charge in [-0.15, -0.1) is 0 Å².